The quantitative estimate of drug-likeness (QED) is 0.573. The minimum atomic E-state index is -0.427. The van der Waals surface area contributed by atoms with Gasteiger partial charge in [0, 0.05) is 29.8 Å². The number of nitriles is 1. The number of aryl methyl sites for hydroxylation is 1. The molecule has 2 aromatic rings. The molecule has 0 radical (unpaired) electrons. The summed E-state index contributed by atoms with van der Waals surface area (Å²) in [7, 11) is 1.68. The van der Waals surface area contributed by atoms with E-state index in [-0.39, 0.29) is 11.6 Å². The van der Waals surface area contributed by atoms with Crippen molar-refractivity contribution in [3.05, 3.63) is 39.7 Å². The molecule has 27 heavy (non-hydrogen) atoms. The number of thiazole rings is 1. The molecule has 0 bridgehead atoms. The van der Waals surface area contributed by atoms with Gasteiger partial charge in [-0.25, -0.2) is 4.98 Å². The molecule has 0 aliphatic heterocycles. The molecule has 7 heteroatoms. The van der Waals surface area contributed by atoms with Crippen molar-refractivity contribution in [1.29, 1.82) is 5.26 Å². The maximum atomic E-state index is 12.5. The van der Waals surface area contributed by atoms with Gasteiger partial charge < -0.3 is 9.30 Å². The van der Waals surface area contributed by atoms with Crippen LogP contribution in [-0.4, -0.2) is 29.2 Å². The molecule has 1 atom stereocenters. The van der Waals surface area contributed by atoms with Crippen molar-refractivity contribution < 1.29 is 9.53 Å². The Bertz CT molecular complexity index is 915. The lowest BCUT2D eigenvalue weighted by Crippen LogP contribution is -2.14. The zero-order chi connectivity index (χ0) is 19.6. The second-order valence-electron chi connectivity index (χ2n) is 6.98. The molecule has 1 unspecified atom stereocenters. The standard InChI is InChI=1S/C20H24N4O2S/c1-12-7-16(14(3)24(12)13(2)10-26-4)8-17(9-21)19(25)23-20-22-18(11-27-20)15-5-6-15/h7-8,11,13,15H,5-6,10H2,1-4H3,(H,22,23,25)/b17-8-. The first-order valence-corrected chi connectivity index (χ1v) is 9.88. The van der Waals surface area contributed by atoms with Gasteiger partial charge >= 0.3 is 0 Å². The Morgan fingerprint density at radius 1 is 1.56 bits per heavy atom. The van der Waals surface area contributed by atoms with Crippen LogP contribution in [0.2, 0.25) is 0 Å². The van der Waals surface area contributed by atoms with Gasteiger partial charge in [-0.05, 0) is 51.3 Å². The molecule has 1 aliphatic rings. The van der Waals surface area contributed by atoms with Crippen LogP contribution in [0.3, 0.4) is 0 Å². The third kappa shape index (κ3) is 4.29. The number of nitrogens with zero attached hydrogens (tertiary/aromatic N) is 3. The highest BCUT2D eigenvalue weighted by Gasteiger charge is 2.26. The third-order valence-electron chi connectivity index (χ3n) is 4.78. The average Bonchev–Trinajstić information content (AvgIpc) is 3.31. The SMILES string of the molecule is COCC(C)n1c(C)cc(/C=C(/C#N)C(=O)Nc2nc(C3CC3)cs2)c1C. The number of aromatic nitrogens is 2. The number of carbonyl (C=O) groups is 1. The molecule has 0 aromatic carbocycles. The molecule has 1 N–H and O–H groups in total. The number of ether oxygens (including phenoxy) is 1. The van der Waals surface area contributed by atoms with Crippen molar-refractivity contribution in [1.82, 2.24) is 9.55 Å². The van der Waals surface area contributed by atoms with Crippen LogP contribution >= 0.6 is 11.3 Å². The third-order valence-corrected chi connectivity index (χ3v) is 5.55. The van der Waals surface area contributed by atoms with E-state index >= 15 is 0 Å². The molecular formula is C20H24N4O2S. The van der Waals surface area contributed by atoms with Gasteiger partial charge in [0.1, 0.15) is 11.6 Å². The topological polar surface area (TPSA) is 79.9 Å². The van der Waals surface area contributed by atoms with E-state index in [1.807, 2.05) is 31.4 Å². The molecule has 2 aromatic heterocycles. The fraction of sp³-hybridized carbons (Fsp3) is 0.450. The number of carbonyl (C=O) groups excluding carboxylic acids is 1. The predicted octanol–water partition coefficient (Wildman–Crippen LogP) is 4.19. The molecule has 6 nitrogen and oxygen atoms in total. The fourth-order valence-electron chi connectivity index (χ4n) is 3.32. The average molecular weight is 385 g/mol. The lowest BCUT2D eigenvalue weighted by atomic mass is 10.1. The molecule has 1 amide bonds. The van der Waals surface area contributed by atoms with Gasteiger partial charge in [-0.15, -0.1) is 11.3 Å². The molecule has 0 saturated heterocycles. The Labute approximate surface area is 163 Å². The Kier molecular flexibility index (Phi) is 5.78. The number of hydrogen-bond donors (Lipinski definition) is 1. The smallest absolute Gasteiger partial charge is 0.268 e. The summed E-state index contributed by atoms with van der Waals surface area (Å²) in [5.74, 6) is 0.112. The largest absolute Gasteiger partial charge is 0.383 e. The number of methoxy groups -OCH3 is 1. The highest BCUT2D eigenvalue weighted by Crippen LogP contribution is 2.40. The van der Waals surface area contributed by atoms with Gasteiger partial charge in [-0.2, -0.15) is 5.26 Å². The molecule has 3 rings (SSSR count). The van der Waals surface area contributed by atoms with Gasteiger partial charge in [0.25, 0.3) is 5.91 Å². The summed E-state index contributed by atoms with van der Waals surface area (Å²) in [5.41, 5.74) is 4.03. The van der Waals surface area contributed by atoms with Gasteiger partial charge in [-0.3, -0.25) is 10.1 Å². The van der Waals surface area contributed by atoms with Crippen molar-refractivity contribution in [3.8, 4) is 6.07 Å². The number of nitrogens with one attached hydrogen (secondary N) is 1. The van der Waals surface area contributed by atoms with E-state index < -0.39 is 5.91 Å². The van der Waals surface area contributed by atoms with Crippen LogP contribution < -0.4 is 5.32 Å². The Balaban J connectivity index is 1.79. The number of amides is 1. The van der Waals surface area contributed by atoms with Crippen LogP contribution in [0.15, 0.2) is 17.0 Å². The Hall–Kier alpha value is -2.43. The highest BCUT2D eigenvalue weighted by atomic mass is 32.1. The molecule has 142 valence electrons. The second kappa shape index (κ2) is 8.07. The summed E-state index contributed by atoms with van der Waals surface area (Å²) < 4.78 is 7.41. The van der Waals surface area contributed by atoms with Crippen LogP contribution in [0, 0.1) is 25.2 Å². The van der Waals surface area contributed by atoms with E-state index in [4.69, 9.17) is 4.74 Å². The minimum Gasteiger partial charge on any atom is -0.383 e. The Morgan fingerprint density at radius 2 is 2.30 bits per heavy atom. The first-order chi connectivity index (χ1) is 12.9. The van der Waals surface area contributed by atoms with Gasteiger partial charge in [0.15, 0.2) is 5.13 Å². The molecule has 0 spiro atoms. The normalized spacial score (nSPS) is 15.4. The first-order valence-electron chi connectivity index (χ1n) is 9.00. The van der Waals surface area contributed by atoms with Crippen LogP contribution in [0.4, 0.5) is 5.13 Å². The monoisotopic (exact) mass is 384 g/mol. The predicted molar refractivity (Wildman–Crippen MR) is 107 cm³/mol. The van der Waals surface area contributed by atoms with Crippen molar-refractivity contribution in [2.45, 2.75) is 45.6 Å². The number of anilines is 1. The molecule has 1 fully saturated rings. The summed E-state index contributed by atoms with van der Waals surface area (Å²) in [6.45, 7) is 6.67. The lowest BCUT2D eigenvalue weighted by molar-refractivity contribution is -0.112. The van der Waals surface area contributed by atoms with E-state index in [2.05, 4.69) is 21.8 Å². The van der Waals surface area contributed by atoms with Crippen molar-refractivity contribution >= 4 is 28.5 Å². The van der Waals surface area contributed by atoms with Crippen LogP contribution in [0.1, 0.15) is 54.4 Å². The summed E-state index contributed by atoms with van der Waals surface area (Å²) >= 11 is 1.40. The van der Waals surface area contributed by atoms with E-state index in [0.29, 0.717) is 17.7 Å². The summed E-state index contributed by atoms with van der Waals surface area (Å²) in [6.07, 6.45) is 3.97. The molecule has 1 saturated carbocycles. The van der Waals surface area contributed by atoms with Gasteiger partial charge in [0.05, 0.1) is 18.3 Å². The van der Waals surface area contributed by atoms with Crippen molar-refractivity contribution in [2.75, 3.05) is 19.0 Å². The minimum absolute atomic E-state index is 0.0674. The highest BCUT2D eigenvalue weighted by molar-refractivity contribution is 7.14. The molecule has 2 heterocycles. The van der Waals surface area contributed by atoms with Crippen LogP contribution in [0.25, 0.3) is 6.08 Å². The Morgan fingerprint density at radius 3 is 2.93 bits per heavy atom. The maximum absolute atomic E-state index is 12.5. The van der Waals surface area contributed by atoms with Gasteiger partial charge in [-0.1, -0.05) is 0 Å². The van der Waals surface area contributed by atoms with Crippen LogP contribution in [0.5, 0.6) is 0 Å². The van der Waals surface area contributed by atoms with Crippen LogP contribution in [-0.2, 0) is 9.53 Å². The fourth-order valence-corrected chi connectivity index (χ4v) is 4.11. The van der Waals surface area contributed by atoms with E-state index in [1.165, 1.54) is 11.3 Å². The van der Waals surface area contributed by atoms with E-state index in [0.717, 1.165) is 35.5 Å². The van der Waals surface area contributed by atoms with E-state index in [9.17, 15) is 10.1 Å². The number of rotatable bonds is 7. The first kappa shape index (κ1) is 19.3. The van der Waals surface area contributed by atoms with Crippen molar-refractivity contribution in [3.63, 3.8) is 0 Å². The summed E-state index contributed by atoms with van der Waals surface area (Å²) in [5, 5.41) is 14.8. The summed E-state index contributed by atoms with van der Waals surface area (Å²) in [4.78, 5) is 17.0. The van der Waals surface area contributed by atoms with Gasteiger partial charge in [0.2, 0.25) is 0 Å². The second-order valence-corrected chi connectivity index (χ2v) is 7.83. The zero-order valence-electron chi connectivity index (χ0n) is 16.1. The maximum Gasteiger partial charge on any atom is 0.268 e. The lowest BCUT2D eigenvalue weighted by Gasteiger charge is -2.17. The molecular weight excluding hydrogens is 360 g/mol. The molecule has 1 aliphatic carbocycles. The number of hydrogen-bond acceptors (Lipinski definition) is 5. The summed E-state index contributed by atoms with van der Waals surface area (Å²) in [6, 6.07) is 4.18. The zero-order valence-corrected chi connectivity index (χ0v) is 16.9. The van der Waals surface area contributed by atoms with E-state index in [1.54, 1.807) is 13.2 Å². The van der Waals surface area contributed by atoms with Crippen molar-refractivity contribution in [2.24, 2.45) is 0 Å².